The molecule has 1 amide bonds. The number of rotatable bonds is 3. The fourth-order valence-corrected chi connectivity index (χ4v) is 3.19. The van der Waals surface area contributed by atoms with Gasteiger partial charge in [-0.1, -0.05) is 18.5 Å². The third kappa shape index (κ3) is 3.65. The molecular weight excluding hydrogens is 387 g/mol. The zero-order chi connectivity index (χ0) is 14.7. The van der Waals surface area contributed by atoms with Crippen molar-refractivity contribution in [1.29, 1.82) is 0 Å². The molecule has 0 spiro atoms. The van der Waals surface area contributed by atoms with Crippen LogP contribution in [0.4, 0.5) is 0 Å². The van der Waals surface area contributed by atoms with E-state index in [0.717, 1.165) is 41.7 Å². The number of piperazine rings is 1. The van der Waals surface area contributed by atoms with Crippen molar-refractivity contribution < 1.29 is 4.79 Å². The third-order valence-electron chi connectivity index (χ3n) is 3.97. The van der Waals surface area contributed by atoms with Crippen molar-refractivity contribution in [3.8, 4) is 0 Å². The summed E-state index contributed by atoms with van der Waals surface area (Å²) in [4.78, 5) is 17.0. The lowest BCUT2D eigenvalue weighted by Gasteiger charge is -2.38. The second-order valence-corrected chi connectivity index (χ2v) is 6.81. The Kier molecular flexibility index (Phi) is 5.69. The molecule has 0 aliphatic carbocycles. The van der Waals surface area contributed by atoms with Crippen LogP contribution in [0.25, 0.3) is 0 Å². The highest BCUT2D eigenvalue weighted by Gasteiger charge is 2.25. The Morgan fingerprint density at radius 3 is 2.60 bits per heavy atom. The highest BCUT2D eigenvalue weighted by molar-refractivity contribution is 14.1. The molecule has 5 heteroatoms. The first-order chi connectivity index (χ1) is 9.52. The molecule has 1 heterocycles. The maximum Gasteiger partial charge on any atom is 0.255 e. The lowest BCUT2D eigenvalue weighted by atomic mass is 10.1. The number of hydrogen-bond acceptors (Lipinski definition) is 2. The van der Waals surface area contributed by atoms with Gasteiger partial charge in [0.15, 0.2) is 0 Å². The van der Waals surface area contributed by atoms with Crippen LogP contribution in [-0.2, 0) is 0 Å². The monoisotopic (exact) mass is 406 g/mol. The zero-order valence-electron chi connectivity index (χ0n) is 11.9. The van der Waals surface area contributed by atoms with Gasteiger partial charge in [0.25, 0.3) is 5.91 Å². The fraction of sp³-hybridized carbons (Fsp3) is 0.533. The van der Waals surface area contributed by atoms with Crippen LogP contribution < -0.4 is 0 Å². The molecule has 0 aromatic heterocycles. The van der Waals surface area contributed by atoms with Crippen molar-refractivity contribution in [1.82, 2.24) is 9.80 Å². The molecule has 0 bridgehead atoms. The minimum Gasteiger partial charge on any atom is -0.336 e. The molecule has 1 saturated heterocycles. The first-order valence-electron chi connectivity index (χ1n) is 7.01. The Labute approximate surface area is 139 Å². The van der Waals surface area contributed by atoms with E-state index in [4.69, 9.17) is 11.6 Å². The van der Waals surface area contributed by atoms with Crippen LogP contribution in [0.2, 0.25) is 5.02 Å². The number of amides is 1. The standard InChI is InChI=1S/C15H20ClIN2O/c1-3-11(2)18-6-8-19(9-7-18)15(20)13-10-12(16)4-5-14(13)17/h4-5,10-11H,3,6-9H2,1-2H3. The van der Waals surface area contributed by atoms with Gasteiger partial charge in [-0.2, -0.15) is 0 Å². The summed E-state index contributed by atoms with van der Waals surface area (Å²) in [6.45, 7) is 7.96. The molecular formula is C15H20ClIN2O. The average Bonchev–Trinajstić information content (AvgIpc) is 2.48. The summed E-state index contributed by atoms with van der Waals surface area (Å²) in [5.41, 5.74) is 0.718. The van der Waals surface area contributed by atoms with Gasteiger partial charge in [0.05, 0.1) is 5.56 Å². The molecule has 0 N–H and O–H groups in total. The molecule has 1 aromatic carbocycles. The number of hydrogen-bond donors (Lipinski definition) is 0. The molecule has 1 unspecified atom stereocenters. The summed E-state index contributed by atoms with van der Waals surface area (Å²) in [6.07, 6.45) is 1.15. The highest BCUT2D eigenvalue weighted by Crippen LogP contribution is 2.20. The van der Waals surface area contributed by atoms with E-state index >= 15 is 0 Å². The van der Waals surface area contributed by atoms with Gasteiger partial charge in [-0.15, -0.1) is 0 Å². The molecule has 2 rings (SSSR count). The van der Waals surface area contributed by atoms with Gasteiger partial charge < -0.3 is 4.90 Å². The van der Waals surface area contributed by atoms with Crippen molar-refractivity contribution in [3.05, 3.63) is 32.4 Å². The molecule has 1 aliphatic heterocycles. The second kappa shape index (κ2) is 7.09. The Morgan fingerprint density at radius 1 is 1.35 bits per heavy atom. The Hall–Kier alpha value is -0.330. The molecule has 20 heavy (non-hydrogen) atoms. The Balaban J connectivity index is 2.03. The van der Waals surface area contributed by atoms with E-state index in [0.29, 0.717) is 11.1 Å². The van der Waals surface area contributed by atoms with Gasteiger partial charge in [-0.05, 0) is 54.1 Å². The summed E-state index contributed by atoms with van der Waals surface area (Å²) in [7, 11) is 0. The molecule has 1 aliphatic rings. The largest absolute Gasteiger partial charge is 0.336 e. The SMILES string of the molecule is CCC(C)N1CCN(C(=O)c2cc(Cl)ccc2I)CC1. The highest BCUT2D eigenvalue weighted by atomic mass is 127. The topological polar surface area (TPSA) is 23.6 Å². The lowest BCUT2D eigenvalue weighted by molar-refractivity contribution is 0.0578. The number of nitrogens with zero attached hydrogens (tertiary/aromatic N) is 2. The van der Waals surface area contributed by atoms with Crippen LogP contribution in [0.5, 0.6) is 0 Å². The zero-order valence-corrected chi connectivity index (χ0v) is 14.8. The van der Waals surface area contributed by atoms with Crippen LogP contribution in [0, 0.1) is 3.57 Å². The fourth-order valence-electron chi connectivity index (χ4n) is 2.46. The van der Waals surface area contributed by atoms with Crippen molar-refractivity contribution in [2.24, 2.45) is 0 Å². The first-order valence-corrected chi connectivity index (χ1v) is 8.47. The average molecular weight is 407 g/mol. The number of carbonyl (C=O) groups is 1. The molecule has 1 fully saturated rings. The van der Waals surface area contributed by atoms with E-state index < -0.39 is 0 Å². The molecule has 0 radical (unpaired) electrons. The summed E-state index contributed by atoms with van der Waals surface area (Å²) in [5.74, 6) is 0.0979. The Bertz CT molecular complexity index is 487. The van der Waals surface area contributed by atoms with E-state index in [1.807, 2.05) is 17.0 Å². The lowest BCUT2D eigenvalue weighted by Crippen LogP contribution is -2.51. The van der Waals surface area contributed by atoms with Gasteiger partial charge in [0.1, 0.15) is 0 Å². The summed E-state index contributed by atoms with van der Waals surface area (Å²) in [5, 5.41) is 0.618. The molecule has 110 valence electrons. The maximum atomic E-state index is 12.6. The predicted octanol–water partition coefficient (Wildman–Crippen LogP) is 3.50. The van der Waals surface area contributed by atoms with Crippen molar-refractivity contribution in [2.75, 3.05) is 26.2 Å². The van der Waals surface area contributed by atoms with Gasteiger partial charge in [0.2, 0.25) is 0 Å². The third-order valence-corrected chi connectivity index (χ3v) is 5.15. The van der Waals surface area contributed by atoms with Crippen LogP contribution in [-0.4, -0.2) is 47.9 Å². The molecule has 3 nitrogen and oxygen atoms in total. The van der Waals surface area contributed by atoms with E-state index in [2.05, 4.69) is 41.3 Å². The minimum absolute atomic E-state index is 0.0979. The van der Waals surface area contributed by atoms with Crippen LogP contribution in [0.15, 0.2) is 18.2 Å². The number of carbonyl (C=O) groups excluding carboxylic acids is 1. The van der Waals surface area contributed by atoms with Crippen LogP contribution in [0.1, 0.15) is 30.6 Å². The summed E-state index contributed by atoms with van der Waals surface area (Å²) in [6, 6.07) is 6.08. The van der Waals surface area contributed by atoms with Crippen molar-refractivity contribution in [3.63, 3.8) is 0 Å². The quantitative estimate of drug-likeness (QED) is 0.717. The van der Waals surface area contributed by atoms with Crippen LogP contribution >= 0.6 is 34.2 Å². The maximum absolute atomic E-state index is 12.6. The van der Waals surface area contributed by atoms with Gasteiger partial charge in [-0.3, -0.25) is 9.69 Å². The van der Waals surface area contributed by atoms with Gasteiger partial charge >= 0.3 is 0 Å². The van der Waals surface area contributed by atoms with Gasteiger partial charge in [-0.25, -0.2) is 0 Å². The smallest absolute Gasteiger partial charge is 0.255 e. The molecule has 1 aromatic rings. The van der Waals surface area contributed by atoms with Crippen LogP contribution in [0.3, 0.4) is 0 Å². The number of halogens is 2. The van der Waals surface area contributed by atoms with E-state index in [9.17, 15) is 4.79 Å². The van der Waals surface area contributed by atoms with Crippen molar-refractivity contribution in [2.45, 2.75) is 26.3 Å². The predicted molar refractivity (Wildman–Crippen MR) is 91.4 cm³/mol. The van der Waals surface area contributed by atoms with Crippen molar-refractivity contribution >= 4 is 40.1 Å². The molecule has 0 saturated carbocycles. The normalized spacial score (nSPS) is 18.1. The summed E-state index contributed by atoms with van der Waals surface area (Å²) < 4.78 is 0.960. The molecule has 1 atom stereocenters. The van der Waals surface area contributed by atoms with E-state index in [1.54, 1.807) is 6.07 Å². The Morgan fingerprint density at radius 2 is 2.00 bits per heavy atom. The number of benzene rings is 1. The van der Waals surface area contributed by atoms with E-state index in [1.165, 1.54) is 0 Å². The van der Waals surface area contributed by atoms with Gasteiger partial charge in [0, 0.05) is 40.8 Å². The van der Waals surface area contributed by atoms with E-state index in [-0.39, 0.29) is 5.91 Å². The first kappa shape index (κ1) is 16.0. The summed E-state index contributed by atoms with van der Waals surface area (Å²) >= 11 is 8.19. The minimum atomic E-state index is 0.0979. The second-order valence-electron chi connectivity index (χ2n) is 5.21.